The molecule has 7 heteroatoms. The molecule has 2 aromatic rings. The van der Waals surface area contributed by atoms with Crippen LogP contribution in [0.3, 0.4) is 0 Å². The van der Waals surface area contributed by atoms with E-state index in [4.69, 9.17) is 23.7 Å². The van der Waals surface area contributed by atoms with Crippen LogP contribution in [0.2, 0.25) is 0 Å². The average molecular weight is 435 g/mol. The van der Waals surface area contributed by atoms with Crippen molar-refractivity contribution in [3.8, 4) is 11.1 Å². The SMILES string of the molecule is COCCOCCOCCOCCOC(=O)C(C)c1ccc(-c2ccccc2)c(F)c1. The first-order valence-corrected chi connectivity index (χ1v) is 10.4. The Morgan fingerprint density at radius 2 is 1.42 bits per heavy atom. The van der Waals surface area contributed by atoms with Gasteiger partial charge < -0.3 is 23.7 Å². The van der Waals surface area contributed by atoms with Gasteiger partial charge in [-0.05, 0) is 24.1 Å². The van der Waals surface area contributed by atoms with E-state index in [9.17, 15) is 9.18 Å². The van der Waals surface area contributed by atoms with Crippen molar-refractivity contribution >= 4 is 5.97 Å². The summed E-state index contributed by atoms with van der Waals surface area (Å²) in [7, 11) is 1.62. The Morgan fingerprint density at radius 1 is 0.839 bits per heavy atom. The zero-order chi connectivity index (χ0) is 22.3. The smallest absolute Gasteiger partial charge is 0.313 e. The minimum Gasteiger partial charge on any atom is -0.463 e. The third-order valence-corrected chi connectivity index (χ3v) is 4.58. The number of hydrogen-bond acceptors (Lipinski definition) is 6. The maximum absolute atomic E-state index is 14.5. The summed E-state index contributed by atoms with van der Waals surface area (Å²) < 4.78 is 40.6. The van der Waals surface area contributed by atoms with E-state index in [1.807, 2.05) is 30.3 Å². The van der Waals surface area contributed by atoms with Crippen LogP contribution in [0.1, 0.15) is 18.4 Å². The summed E-state index contributed by atoms with van der Waals surface area (Å²) in [6.45, 7) is 5.04. The van der Waals surface area contributed by atoms with Gasteiger partial charge in [0.1, 0.15) is 12.4 Å². The molecule has 2 aromatic carbocycles. The Labute approximate surface area is 183 Å². The van der Waals surface area contributed by atoms with Crippen molar-refractivity contribution in [1.29, 1.82) is 0 Å². The van der Waals surface area contributed by atoms with Crippen molar-refractivity contribution in [1.82, 2.24) is 0 Å². The molecule has 6 nitrogen and oxygen atoms in total. The first-order chi connectivity index (χ1) is 15.1. The number of methoxy groups -OCH3 is 1. The molecule has 31 heavy (non-hydrogen) atoms. The van der Waals surface area contributed by atoms with Gasteiger partial charge in [-0.2, -0.15) is 0 Å². The molecule has 0 heterocycles. The summed E-state index contributed by atoms with van der Waals surface area (Å²) in [4.78, 5) is 12.2. The molecule has 0 saturated carbocycles. The Morgan fingerprint density at radius 3 is 2.00 bits per heavy atom. The third-order valence-electron chi connectivity index (χ3n) is 4.58. The molecule has 0 aliphatic carbocycles. The van der Waals surface area contributed by atoms with Crippen molar-refractivity contribution < 1.29 is 32.9 Å². The molecule has 0 aromatic heterocycles. The second kappa shape index (κ2) is 14.6. The van der Waals surface area contributed by atoms with E-state index in [0.29, 0.717) is 50.8 Å². The number of hydrogen-bond donors (Lipinski definition) is 0. The molecule has 1 unspecified atom stereocenters. The van der Waals surface area contributed by atoms with Gasteiger partial charge in [-0.25, -0.2) is 4.39 Å². The van der Waals surface area contributed by atoms with Crippen LogP contribution in [0.25, 0.3) is 11.1 Å². The number of carbonyl (C=O) groups excluding carboxylic acids is 1. The molecule has 1 atom stereocenters. The standard InChI is InChI=1S/C24H31FO6/c1-19(21-8-9-22(23(25)18-21)20-6-4-3-5-7-20)24(26)31-17-16-30-15-14-29-13-12-28-11-10-27-2/h3-9,18-19H,10-17H2,1-2H3. The second-order valence-electron chi connectivity index (χ2n) is 6.82. The fourth-order valence-corrected chi connectivity index (χ4v) is 2.80. The van der Waals surface area contributed by atoms with E-state index in [0.717, 1.165) is 5.56 Å². The molecule has 0 aliphatic heterocycles. The largest absolute Gasteiger partial charge is 0.463 e. The quantitative estimate of drug-likeness (QED) is 0.314. The Kier molecular flexibility index (Phi) is 11.8. The highest BCUT2D eigenvalue weighted by atomic mass is 19.1. The van der Waals surface area contributed by atoms with Crippen molar-refractivity contribution in [2.75, 3.05) is 60.0 Å². The summed E-state index contributed by atoms with van der Waals surface area (Å²) in [5.74, 6) is -1.35. The van der Waals surface area contributed by atoms with Gasteiger partial charge in [-0.1, -0.05) is 42.5 Å². The van der Waals surface area contributed by atoms with Crippen molar-refractivity contribution in [2.45, 2.75) is 12.8 Å². The van der Waals surface area contributed by atoms with E-state index in [2.05, 4.69) is 0 Å². The van der Waals surface area contributed by atoms with Crippen LogP contribution in [0.15, 0.2) is 48.5 Å². The summed E-state index contributed by atoms with van der Waals surface area (Å²) in [5.41, 5.74) is 1.87. The van der Waals surface area contributed by atoms with Gasteiger partial charge in [0.25, 0.3) is 0 Å². The van der Waals surface area contributed by atoms with Gasteiger partial charge in [-0.15, -0.1) is 0 Å². The highest BCUT2D eigenvalue weighted by Gasteiger charge is 2.18. The minimum absolute atomic E-state index is 0.133. The van der Waals surface area contributed by atoms with Crippen molar-refractivity contribution in [2.24, 2.45) is 0 Å². The summed E-state index contributed by atoms with van der Waals surface area (Å²) in [5, 5.41) is 0. The zero-order valence-corrected chi connectivity index (χ0v) is 18.2. The third kappa shape index (κ3) is 9.14. The first-order valence-electron chi connectivity index (χ1n) is 10.4. The Hall–Kier alpha value is -2.32. The topological polar surface area (TPSA) is 63.2 Å². The molecule has 170 valence electrons. The number of ether oxygens (including phenoxy) is 5. The van der Waals surface area contributed by atoms with Crippen LogP contribution >= 0.6 is 0 Å². The second-order valence-corrected chi connectivity index (χ2v) is 6.82. The molecule has 0 saturated heterocycles. The lowest BCUT2D eigenvalue weighted by atomic mass is 9.97. The lowest BCUT2D eigenvalue weighted by molar-refractivity contribution is -0.146. The molecule has 0 spiro atoms. The molecular weight excluding hydrogens is 403 g/mol. The van der Waals surface area contributed by atoms with Crippen LogP contribution in [-0.2, 0) is 28.5 Å². The molecule has 0 N–H and O–H groups in total. The van der Waals surface area contributed by atoms with Crippen LogP contribution in [-0.4, -0.2) is 65.9 Å². The van der Waals surface area contributed by atoms with Gasteiger partial charge >= 0.3 is 5.97 Å². The van der Waals surface area contributed by atoms with Gasteiger partial charge in [0.2, 0.25) is 0 Å². The summed E-state index contributed by atoms with van der Waals surface area (Å²) in [6.07, 6.45) is 0. The molecule has 0 fully saturated rings. The van der Waals surface area contributed by atoms with Gasteiger partial charge in [0.05, 0.1) is 52.2 Å². The summed E-state index contributed by atoms with van der Waals surface area (Å²) in [6, 6.07) is 14.1. The van der Waals surface area contributed by atoms with Crippen molar-refractivity contribution in [3.63, 3.8) is 0 Å². The maximum atomic E-state index is 14.5. The lowest BCUT2D eigenvalue weighted by Gasteiger charge is -2.13. The van der Waals surface area contributed by atoms with E-state index in [-0.39, 0.29) is 19.0 Å². The fraction of sp³-hybridized carbons (Fsp3) is 0.458. The van der Waals surface area contributed by atoms with Gasteiger partial charge in [0.15, 0.2) is 0 Å². The van der Waals surface area contributed by atoms with Crippen LogP contribution in [0, 0.1) is 5.82 Å². The van der Waals surface area contributed by atoms with E-state index in [1.54, 1.807) is 26.2 Å². The van der Waals surface area contributed by atoms with Crippen molar-refractivity contribution in [3.05, 3.63) is 59.9 Å². The van der Waals surface area contributed by atoms with Gasteiger partial charge in [-0.3, -0.25) is 4.79 Å². The first kappa shape index (κ1) is 24.9. The normalized spacial score (nSPS) is 12.0. The Bertz CT molecular complexity index is 768. The average Bonchev–Trinajstić information content (AvgIpc) is 2.79. The molecular formula is C24H31FO6. The number of esters is 1. The number of rotatable bonds is 15. The molecule has 0 amide bonds. The van der Waals surface area contributed by atoms with Crippen LogP contribution < -0.4 is 0 Å². The molecule has 2 rings (SSSR count). The zero-order valence-electron chi connectivity index (χ0n) is 18.2. The van der Waals surface area contributed by atoms with E-state index in [1.165, 1.54) is 6.07 Å². The highest BCUT2D eigenvalue weighted by Crippen LogP contribution is 2.26. The fourth-order valence-electron chi connectivity index (χ4n) is 2.80. The van der Waals surface area contributed by atoms with Crippen LogP contribution in [0.4, 0.5) is 4.39 Å². The molecule has 0 bridgehead atoms. The molecule has 0 radical (unpaired) electrons. The number of carbonyl (C=O) groups is 1. The predicted octanol–water partition coefficient (Wildman–Crippen LogP) is 3.84. The number of benzene rings is 2. The van der Waals surface area contributed by atoms with E-state index < -0.39 is 11.9 Å². The maximum Gasteiger partial charge on any atom is 0.313 e. The van der Waals surface area contributed by atoms with E-state index >= 15 is 0 Å². The van der Waals surface area contributed by atoms with Gasteiger partial charge in [0, 0.05) is 12.7 Å². The minimum atomic E-state index is -0.569. The molecule has 0 aliphatic rings. The Balaban J connectivity index is 1.62. The predicted molar refractivity (Wildman–Crippen MR) is 116 cm³/mol. The van der Waals surface area contributed by atoms with Crippen LogP contribution in [0.5, 0.6) is 0 Å². The number of halogens is 1. The summed E-state index contributed by atoms with van der Waals surface area (Å²) >= 11 is 0. The lowest BCUT2D eigenvalue weighted by Crippen LogP contribution is -2.17. The monoisotopic (exact) mass is 434 g/mol. The highest BCUT2D eigenvalue weighted by molar-refractivity contribution is 5.78.